The van der Waals surface area contributed by atoms with E-state index in [2.05, 4.69) is 15.2 Å². The van der Waals surface area contributed by atoms with Crippen LogP contribution in [0.3, 0.4) is 0 Å². The number of nitrogens with zero attached hydrogens (tertiary/aromatic N) is 2. The molecule has 7 heteroatoms. The Morgan fingerprint density at radius 1 is 1.28 bits per heavy atom. The van der Waals surface area contributed by atoms with E-state index in [1.54, 1.807) is 25.3 Å². The molecule has 0 aliphatic carbocycles. The molecule has 1 fully saturated rings. The fraction of sp³-hybridized carbons (Fsp3) is 0.333. The van der Waals surface area contributed by atoms with Gasteiger partial charge in [0.1, 0.15) is 11.6 Å². The van der Waals surface area contributed by atoms with Crippen molar-refractivity contribution in [2.24, 2.45) is 0 Å². The summed E-state index contributed by atoms with van der Waals surface area (Å²) >= 11 is 11.9. The highest BCUT2D eigenvalue weighted by molar-refractivity contribution is 6.35. The van der Waals surface area contributed by atoms with E-state index < -0.39 is 11.9 Å². The number of halogens is 3. The number of carbonyl (C=O) groups is 1. The lowest BCUT2D eigenvalue weighted by atomic mass is 10.1. The Balaban J connectivity index is 1.82. The third-order valence-corrected chi connectivity index (χ3v) is 4.91. The van der Waals surface area contributed by atoms with E-state index in [0.717, 1.165) is 25.9 Å². The Morgan fingerprint density at radius 3 is 2.72 bits per heavy atom. The highest BCUT2D eigenvalue weighted by atomic mass is 35.5. The summed E-state index contributed by atoms with van der Waals surface area (Å²) in [6.07, 6.45) is 3.86. The van der Waals surface area contributed by atoms with Crippen molar-refractivity contribution in [3.63, 3.8) is 0 Å². The Labute approximate surface area is 156 Å². The average molecular weight is 382 g/mol. The largest absolute Gasteiger partial charge is 0.356 e. The van der Waals surface area contributed by atoms with E-state index >= 15 is 0 Å². The molecule has 0 spiro atoms. The van der Waals surface area contributed by atoms with Gasteiger partial charge in [0.25, 0.3) is 5.91 Å². The van der Waals surface area contributed by atoms with E-state index in [1.165, 1.54) is 12.1 Å². The first-order valence-electron chi connectivity index (χ1n) is 8.12. The summed E-state index contributed by atoms with van der Waals surface area (Å²) < 4.78 is 13.7. The Kier molecular flexibility index (Phi) is 5.45. The molecular formula is C18H18Cl2FN3O. The number of amides is 1. The number of aromatic nitrogens is 1. The molecule has 0 radical (unpaired) electrons. The Hall–Kier alpha value is -1.85. The molecule has 1 saturated heterocycles. The van der Waals surface area contributed by atoms with Crippen molar-refractivity contribution >= 4 is 34.9 Å². The van der Waals surface area contributed by atoms with Crippen molar-refractivity contribution in [1.82, 2.24) is 10.3 Å². The molecule has 1 amide bonds. The van der Waals surface area contributed by atoms with E-state index in [9.17, 15) is 9.18 Å². The number of pyridine rings is 1. The fourth-order valence-electron chi connectivity index (χ4n) is 2.98. The molecule has 132 valence electrons. The van der Waals surface area contributed by atoms with E-state index in [0.29, 0.717) is 22.0 Å². The second-order valence-corrected chi connectivity index (χ2v) is 6.87. The summed E-state index contributed by atoms with van der Waals surface area (Å²) in [6.45, 7) is 3.53. The minimum Gasteiger partial charge on any atom is -0.356 e. The number of rotatable bonds is 4. The zero-order valence-corrected chi connectivity index (χ0v) is 15.2. The molecule has 2 heterocycles. The van der Waals surface area contributed by atoms with Gasteiger partial charge in [-0.1, -0.05) is 23.2 Å². The van der Waals surface area contributed by atoms with Crippen LogP contribution in [-0.4, -0.2) is 24.0 Å². The van der Waals surface area contributed by atoms with Gasteiger partial charge in [-0.25, -0.2) is 9.37 Å². The average Bonchev–Trinajstić information content (AvgIpc) is 3.12. The van der Waals surface area contributed by atoms with Crippen LogP contribution in [0.5, 0.6) is 0 Å². The minimum atomic E-state index is -0.568. The Morgan fingerprint density at radius 2 is 2.00 bits per heavy atom. The number of hydrogen-bond acceptors (Lipinski definition) is 3. The van der Waals surface area contributed by atoms with Gasteiger partial charge in [-0.2, -0.15) is 0 Å². The maximum Gasteiger partial charge on any atom is 0.255 e. The number of hydrogen-bond donors (Lipinski definition) is 1. The van der Waals surface area contributed by atoms with Gasteiger partial charge in [-0.15, -0.1) is 0 Å². The molecule has 25 heavy (non-hydrogen) atoms. The van der Waals surface area contributed by atoms with Crippen LogP contribution in [0.15, 0.2) is 30.5 Å². The predicted octanol–water partition coefficient (Wildman–Crippen LogP) is 4.62. The molecule has 3 rings (SSSR count). The van der Waals surface area contributed by atoms with Gasteiger partial charge in [-0.3, -0.25) is 4.79 Å². The molecule has 1 aliphatic rings. The molecule has 0 saturated carbocycles. The van der Waals surface area contributed by atoms with Crippen LogP contribution in [0.25, 0.3) is 0 Å². The highest BCUT2D eigenvalue weighted by Crippen LogP contribution is 2.29. The second-order valence-electron chi connectivity index (χ2n) is 6.05. The van der Waals surface area contributed by atoms with Crippen molar-refractivity contribution in [2.45, 2.75) is 25.8 Å². The smallest absolute Gasteiger partial charge is 0.255 e. The van der Waals surface area contributed by atoms with Gasteiger partial charge < -0.3 is 10.2 Å². The first-order chi connectivity index (χ1) is 12.0. The number of carbonyl (C=O) groups excluding carboxylic acids is 1. The number of anilines is 1. The molecule has 1 aromatic heterocycles. The maximum absolute atomic E-state index is 13.7. The van der Waals surface area contributed by atoms with Gasteiger partial charge in [0.15, 0.2) is 0 Å². The lowest BCUT2D eigenvalue weighted by Gasteiger charge is -2.21. The van der Waals surface area contributed by atoms with Crippen molar-refractivity contribution in [2.75, 3.05) is 18.0 Å². The third kappa shape index (κ3) is 3.88. The zero-order chi connectivity index (χ0) is 18.0. The van der Waals surface area contributed by atoms with Crippen LogP contribution in [0.4, 0.5) is 10.2 Å². The van der Waals surface area contributed by atoms with Crippen LogP contribution in [0.2, 0.25) is 10.0 Å². The lowest BCUT2D eigenvalue weighted by molar-refractivity contribution is 0.0940. The quantitative estimate of drug-likeness (QED) is 0.785. The molecule has 0 bridgehead atoms. The van der Waals surface area contributed by atoms with Crippen molar-refractivity contribution in [3.05, 3.63) is 57.5 Å². The molecule has 1 atom stereocenters. The summed E-state index contributed by atoms with van der Waals surface area (Å²) in [5.74, 6) is -0.159. The minimum absolute atomic E-state index is 0.0455. The molecule has 1 aliphatic heterocycles. The van der Waals surface area contributed by atoms with E-state index in [-0.39, 0.29) is 10.9 Å². The van der Waals surface area contributed by atoms with Crippen molar-refractivity contribution in [1.29, 1.82) is 0 Å². The summed E-state index contributed by atoms with van der Waals surface area (Å²) in [5.41, 5.74) is 0.977. The van der Waals surface area contributed by atoms with Crippen LogP contribution in [0, 0.1) is 5.82 Å². The lowest BCUT2D eigenvalue weighted by Crippen LogP contribution is -2.30. The Bertz CT molecular complexity index is 794. The summed E-state index contributed by atoms with van der Waals surface area (Å²) in [5, 5.41) is 3.13. The van der Waals surface area contributed by atoms with Crippen LogP contribution < -0.4 is 10.2 Å². The first-order valence-corrected chi connectivity index (χ1v) is 8.88. The van der Waals surface area contributed by atoms with Crippen molar-refractivity contribution in [3.8, 4) is 0 Å². The monoisotopic (exact) mass is 381 g/mol. The van der Waals surface area contributed by atoms with Crippen LogP contribution >= 0.6 is 23.2 Å². The van der Waals surface area contributed by atoms with Crippen molar-refractivity contribution < 1.29 is 9.18 Å². The van der Waals surface area contributed by atoms with Gasteiger partial charge in [0.05, 0.1) is 16.6 Å². The molecule has 1 aromatic carbocycles. The normalized spacial score (nSPS) is 15.3. The zero-order valence-electron chi connectivity index (χ0n) is 13.7. The predicted molar refractivity (Wildman–Crippen MR) is 98.0 cm³/mol. The van der Waals surface area contributed by atoms with Gasteiger partial charge in [0, 0.05) is 24.3 Å². The molecular weight excluding hydrogens is 364 g/mol. The molecule has 4 nitrogen and oxygen atoms in total. The molecule has 1 N–H and O–H groups in total. The van der Waals surface area contributed by atoms with Gasteiger partial charge in [-0.05, 0) is 49.6 Å². The maximum atomic E-state index is 13.7. The highest BCUT2D eigenvalue weighted by Gasteiger charge is 2.22. The standard InChI is InChI=1S/C18H18Cl2FN3O/c1-11(13-9-16(21)15(20)10-14(13)19)23-18(25)12-5-4-6-22-17(12)24-7-2-3-8-24/h4-6,9-11H,2-3,7-8H2,1H3,(H,23,25). The van der Waals surface area contributed by atoms with Crippen LogP contribution in [0.1, 0.15) is 41.7 Å². The number of nitrogens with one attached hydrogen (secondary N) is 1. The van der Waals surface area contributed by atoms with E-state index in [4.69, 9.17) is 23.2 Å². The van der Waals surface area contributed by atoms with Gasteiger partial charge >= 0.3 is 0 Å². The fourth-order valence-corrected chi connectivity index (χ4v) is 3.52. The van der Waals surface area contributed by atoms with Crippen LogP contribution in [-0.2, 0) is 0 Å². The van der Waals surface area contributed by atoms with Gasteiger partial charge in [0.2, 0.25) is 0 Å². The molecule has 1 unspecified atom stereocenters. The molecule has 2 aromatic rings. The first kappa shape index (κ1) is 18.0. The third-order valence-electron chi connectivity index (χ3n) is 4.29. The second kappa shape index (κ2) is 7.58. The topological polar surface area (TPSA) is 45.2 Å². The summed E-state index contributed by atoms with van der Waals surface area (Å²) in [6, 6.07) is 5.59. The summed E-state index contributed by atoms with van der Waals surface area (Å²) in [7, 11) is 0. The number of benzene rings is 1. The van der Waals surface area contributed by atoms with E-state index in [1.807, 2.05) is 0 Å². The summed E-state index contributed by atoms with van der Waals surface area (Å²) in [4.78, 5) is 19.2. The SMILES string of the molecule is CC(NC(=O)c1cccnc1N1CCCC1)c1cc(F)c(Cl)cc1Cl.